The summed E-state index contributed by atoms with van der Waals surface area (Å²) in [4.78, 5) is 0. The minimum atomic E-state index is 0.0569. The number of nitrogens with one attached hydrogen (secondary N) is 1. The number of benzene rings is 1. The van der Waals surface area contributed by atoms with Gasteiger partial charge in [0.15, 0.2) is 11.5 Å². The summed E-state index contributed by atoms with van der Waals surface area (Å²) in [6.07, 6.45) is 5.31. The van der Waals surface area contributed by atoms with Crippen LogP contribution >= 0.6 is 0 Å². The molecule has 0 spiro atoms. The number of ether oxygens (including phenoxy) is 2. The van der Waals surface area contributed by atoms with Crippen LogP contribution in [0, 0.1) is 5.41 Å². The Balaban J connectivity index is 1.98. The summed E-state index contributed by atoms with van der Waals surface area (Å²) in [7, 11) is 3.09. The first-order chi connectivity index (χ1) is 9.58. The lowest BCUT2D eigenvalue weighted by atomic mass is 9.89. The van der Waals surface area contributed by atoms with E-state index in [-0.39, 0.29) is 5.75 Å². The fourth-order valence-corrected chi connectivity index (χ4v) is 2.96. The van der Waals surface area contributed by atoms with Crippen LogP contribution in [0.4, 0.5) is 0 Å². The van der Waals surface area contributed by atoms with Gasteiger partial charge in [-0.1, -0.05) is 19.8 Å². The van der Waals surface area contributed by atoms with Gasteiger partial charge >= 0.3 is 0 Å². The van der Waals surface area contributed by atoms with E-state index in [1.165, 1.54) is 25.7 Å². The Morgan fingerprint density at radius 3 is 2.20 bits per heavy atom. The van der Waals surface area contributed by atoms with Gasteiger partial charge in [-0.3, -0.25) is 0 Å². The van der Waals surface area contributed by atoms with Crippen LogP contribution in [0.1, 0.15) is 38.2 Å². The van der Waals surface area contributed by atoms with E-state index >= 15 is 0 Å². The second-order valence-electron chi connectivity index (χ2n) is 5.97. The summed E-state index contributed by atoms with van der Waals surface area (Å²) in [6, 6.07) is 3.70. The van der Waals surface area contributed by atoms with Crippen molar-refractivity contribution in [2.75, 3.05) is 20.8 Å². The molecule has 1 aliphatic rings. The maximum Gasteiger partial charge on any atom is 0.200 e. The van der Waals surface area contributed by atoms with Gasteiger partial charge < -0.3 is 19.9 Å². The van der Waals surface area contributed by atoms with Crippen molar-refractivity contribution < 1.29 is 14.6 Å². The van der Waals surface area contributed by atoms with Crippen molar-refractivity contribution in [3.63, 3.8) is 0 Å². The van der Waals surface area contributed by atoms with E-state index in [0.29, 0.717) is 16.9 Å². The standard InChI is InChI=1S/C16H25NO3/c1-16(6-4-5-7-16)11-17-10-12-8-13(19-2)15(18)14(9-12)20-3/h8-9,17-18H,4-7,10-11H2,1-3H3. The van der Waals surface area contributed by atoms with Crippen molar-refractivity contribution in [3.8, 4) is 17.2 Å². The van der Waals surface area contributed by atoms with Crippen LogP contribution in [-0.2, 0) is 6.54 Å². The fourth-order valence-electron chi connectivity index (χ4n) is 2.96. The van der Waals surface area contributed by atoms with Crippen molar-refractivity contribution in [1.29, 1.82) is 0 Å². The zero-order valence-electron chi connectivity index (χ0n) is 12.7. The Morgan fingerprint density at radius 1 is 1.15 bits per heavy atom. The molecule has 0 unspecified atom stereocenters. The van der Waals surface area contributed by atoms with Gasteiger partial charge in [-0.25, -0.2) is 0 Å². The number of phenolic OH excluding ortho intramolecular Hbond substituents is 1. The topological polar surface area (TPSA) is 50.7 Å². The molecule has 112 valence electrons. The molecular formula is C16H25NO3. The smallest absolute Gasteiger partial charge is 0.200 e. The molecule has 0 saturated heterocycles. The van der Waals surface area contributed by atoms with Crippen LogP contribution in [0.15, 0.2) is 12.1 Å². The maximum atomic E-state index is 9.88. The normalized spacial score (nSPS) is 17.1. The molecule has 0 amide bonds. The Morgan fingerprint density at radius 2 is 1.70 bits per heavy atom. The molecule has 2 N–H and O–H groups in total. The molecule has 4 heteroatoms. The van der Waals surface area contributed by atoms with Crippen LogP contribution < -0.4 is 14.8 Å². The van der Waals surface area contributed by atoms with E-state index in [4.69, 9.17) is 9.47 Å². The van der Waals surface area contributed by atoms with Gasteiger partial charge in [-0.05, 0) is 36.0 Å². The molecule has 0 atom stereocenters. The fraction of sp³-hybridized carbons (Fsp3) is 0.625. The molecule has 0 aliphatic heterocycles. The summed E-state index contributed by atoms with van der Waals surface area (Å²) in [5.74, 6) is 0.961. The minimum Gasteiger partial charge on any atom is -0.502 e. The average molecular weight is 279 g/mol. The second kappa shape index (κ2) is 6.35. The van der Waals surface area contributed by atoms with E-state index in [2.05, 4.69) is 12.2 Å². The van der Waals surface area contributed by atoms with Crippen LogP contribution in [0.3, 0.4) is 0 Å². The summed E-state index contributed by atoms with van der Waals surface area (Å²) >= 11 is 0. The highest BCUT2D eigenvalue weighted by Crippen LogP contribution is 2.38. The van der Waals surface area contributed by atoms with Crippen molar-refractivity contribution in [1.82, 2.24) is 5.32 Å². The van der Waals surface area contributed by atoms with E-state index in [1.54, 1.807) is 14.2 Å². The van der Waals surface area contributed by atoms with Gasteiger partial charge in [0.2, 0.25) is 5.75 Å². The Bertz CT molecular complexity index is 428. The highest BCUT2D eigenvalue weighted by atomic mass is 16.5. The lowest BCUT2D eigenvalue weighted by molar-refractivity contribution is 0.313. The molecule has 0 aromatic heterocycles. The zero-order valence-corrected chi connectivity index (χ0v) is 12.7. The molecule has 2 rings (SSSR count). The van der Waals surface area contributed by atoms with Crippen LogP contribution in [0.25, 0.3) is 0 Å². The molecule has 1 aromatic rings. The number of hydrogen-bond donors (Lipinski definition) is 2. The van der Waals surface area contributed by atoms with Gasteiger partial charge in [-0.15, -0.1) is 0 Å². The molecule has 0 heterocycles. The first-order valence-electron chi connectivity index (χ1n) is 7.22. The number of phenols is 1. The predicted molar refractivity (Wildman–Crippen MR) is 79.5 cm³/mol. The molecule has 1 aliphatic carbocycles. The molecule has 20 heavy (non-hydrogen) atoms. The van der Waals surface area contributed by atoms with Crippen molar-refractivity contribution in [2.45, 2.75) is 39.2 Å². The highest BCUT2D eigenvalue weighted by Gasteiger charge is 2.27. The first kappa shape index (κ1) is 15.0. The Labute approximate surface area is 121 Å². The van der Waals surface area contributed by atoms with E-state index < -0.39 is 0 Å². The van der Waals surface area contributed by atoms with Crippen molar-refractivity contribution >= 4 is 0 Å². The summed E-state index contributed by atoms with van der Waals surface area (Å²) in [5.41, 5.74) is 1.49. The van der Waals surface area contributed by atoms with Gasteiger partial charge in [0.25, 0.3) is 0 Å². The molecule has 0 bridgehead atoms. The molecular weight excluding hydrogens is 254 g/mol. The first-order valence-corrected chi connectivity index (χ1v) is 7.22. The number of rotatable bonds is 6. The van der Waals surface area contributed by atoms with Crippen LogP contribution in [0.2, 0.25) is 0 Å². The maximum absolute atomic E-state index is 9.88. The lowest BCUT2D eigenvalue weighted by Gasteiger charge is -2.24. The van der Waals surface area contributed by atoms with Gasteiger partial charge in [0.1, 0.15) is 0 Å². The summed E-state index contributed by atoms with van der Waals surface area (Å²) < 4.78 is 10.3. The molecule has 0 radical (unpaired) electrons. The predicted octanol–water partition coefficient (Wildman–Crippen LogP) is 3.08. The molecule has 1 aromatic carbocycles. The number of hydrogen-bond acceptors (Lipinski definition) is 4. The van der Waals surface area contributed by atoms with E-state index in [1.807, 2.05) is 12.1 Å². The summed E-state index contributed by atoms with van der Waals surface area (Å²) in [6.45, 7) is 4.13. The Hall–Kier alpha value is -1.42. The second-order valence-corrected chi connectivity index (χ2v) is 5.97. The average Bonchev–Trinajstić information content (AvgIpc) is 2.87. The molecule has 4 nitrogen and oxygen atoms in total. The Kier molecular flexibility index (Phi) is 4.76. The number of methoxy groups -OCH3 is 2. The quantitative estimate of drug-likeness (QED) is 0.840. The third kappa shape index (κ3) is 3.37. The number of aromatic hydroxyl groups is 1. The molecule has 1 saturated carbocycles. The van der Waals surface area contributed by atoms with Crippen LogP contribution in [-0.4, -0.2) is 25.9 Å². The monoisotopic (exact) mass is 279 g/mol. The largest absolute Gasteiger partial charge is 0.502 e. The SMILES string of the molecule is COc1cc(CNCC2(C)CCCC2)cc(OC)c1O. The van der Waals surface area contributed by atoms with Gasteiger partial charge in [0.05, 0.1) is 14.2 Å². The van der Waals surface area contributed by atoms with Crippen LogP contribution in [0.5, 0.6) is 17.2 Å². The van der Waals surface area contributed by atoms with Gasteiger partial charge in [-0.2, -0.15) is 0 Å². The van der Waals surface area contributed by atoms with Crippen molar-refractivity contribution in [2.24, 2.45) is 5.41 Å². The summed E-state index contributed by atoms with van der Waals surface area (Å²) in [5, 5.41) is 13.4. The zero-order chi connectivity index (χ0) is 14.6. The van der Waals surface area contributed by atoms with Gasteiger partial charge in [0, 0.05) is 13.1 Å². The third-order valence-electron chi connectivity index (χ3n) is 4.23. The van der Waals surface area contributed by atoms with Crippen molar-refractivity contribution in [3.05, 3.63) is 17.7 Å². The molecule has 1 fully saturated rings. The highest BCUT2D eigenvalue weighted by molar-refractivity contribution is 5.52. The third-order valence-corrected chi connectivity index (χ3v) is 4.23. The lowest BCUT2D eigenvalue weighted by Crippen LogP contribution is -2.29. The van der Waals surface area contributed by atoms with E-state index in [9.17, 15) is 5.11 Å². The minimum absolute atomic E-state index is 0.0569. The van der Waals surface area contributed by atoms with E-state index in [0.717, 1.165) is 18.7 Å².